The van der Waals surface area contributed by atoms with Gasteiger partial charge in [-0.3, -0.25) is 0 Å². The fourth-order valence-electron chi connectivity index (χ4n) is 2.62. The Bertz CT molecular complexity index is 199. The molecule has 4 nitrogen and oxygen atoms in total. The highest BCUT2D eigenvalue weighted by molar-refractivity contribution is 4.72. The van der Waals surface area contributed by atoms with Crippen LogP contribution in [0.2, 0.25) is 0 Å². The summed E-state index contributed by atoms with van der Waals surface area (Å²) in [6.45, 7) is 18.7. The van der Waals surface area contributed by atoms with E-state index >= 15 is 0 Å². The number of piperazine rings is 1. The summed E-state index contributed by atoms with van der Waals surface area (Å²) in [5.74, 6) is 0. The van der Waals surface area contributed by atoms with Gasteiger partial charge in [0.2, 0.25) is 0 Å². The average molecular weight is 284 g/mol. The monoisotopic (exact) mass is 284 g/mol. The Kier molecular flexibility index (Phi) is 9.44. The highest BCUT2D eigenvalue weighted by Gasteiger charge is 2.15. The molecule has 0 aromatic carbocycles. The molecule has 1 aliphatic heterocycles. The molecule has 1 fully saturated rings. The quantitative estimate of drug-likeness (QED) is 0.593. The van der Waals surface area contributed by atoms with E-state index < -0.39 is 0 Å². The molecule has 20 heavy (non-hydrogen) atoms. The van der Waals surface area contributed by atoms with Gasteiger partial charge in [0.15, 0.2) is 0 Å². The largest absolute Gasteiger partial charge is 0.314 e. The smallest absolute Gasteiger partial charge is 0.0110 e. The Morgan fingerprint density at radius 3 is 1.35 bits per heavy atom. The standard InChI is InChI=1S/C16H36N4/c1-15(2)17-7-5-9-19-11-13-20(14-12-19)10-6-8-18-16(3)4/h15-18H,5-14H2,1-4H3. The summed E-state index contributed by atoms with van der Waals surface area (Å²) in [6.07, 6.45) is 2.55. The van der Waals surface area contributed by atoms with Crippen molar-refractivity contribution in [1.82, 2.24) is 20.4 Å². The molecule has 0 bridgehead atoms. The summed E-state index contributed by atoms with van der Waals surface area (Å²) in [5.41, 5.74) is 0. The van der Waals surface area contributed by atoms with Gasteiger partial charge in [-0.05, 0) is 39.0 Å². The minimum Gasteiger partial charge on any atom is -0.314 e. The van der Waals surface area contributed by atoms with Crippen molar-refractivity contribution in [3.63, 3.8) is 0 Å². The molecule has 0 spiro atoms. The highest BCUT2D eigenvalue weighted by atomic mass is 15.3. The molecule has 0 saturated carbocycles. The number of nitrogens with zero attached hydrogens (tertiary/aromatic N) is 2. The van der Waals surface area contributed by atoms with Gasteiger partial charge >= 0.3 is 0 Å². The second kappa shape index (κ2) is 10.6. The van der Waals surface area contributed by atoms with E-state index in [1.165, 1.54) is 52.1 Å². The summed E-state index contributed by atoms with van der Waals surface area (Å²) in [6, 6.07) is 1.23. The molecule has 1 heterocycles. The third-order valence-electron chi connectivity index (χ3n) is 3.87. The second-order valence-corrected chi connectivity index (χ2v) is 6.61. The molecule has 4 heteroatoms. The first kappa shape index (κ1) is 17.9. The van der Waals surface area contributed by atoms with Gasteiger partial charge in [0.25, 0.3) is 0 Å². The first-order chi connectivity index (χ1) is 9.58. The fraction of sp³-hybridized carbons (Fsp3) is 1.00. The van der Waals surface area contributed by atoms with Crippen LogP contribution in [0, 0.1) is 0 Å². The van der Waals surface area contributed by atoms with Gasteiger partial charge in [0.1, 0.15) is 0 Å². The number of rotatable bonds is 10. The SMILES string of the molecule is CC(C)NCCCN1CCN(CCCNC(C)C)CC1. The van der Waals surface area contributed by atoms with Gasteiger partial charge in [0, 0.05) is 38.3 Å². The molecule has 0 aromatic heterocycles. The predicted octanol–water partition coefficient (Wildman–Crippen LogP) is 1.38. The van der Waals surface area contributed by atoms with Crippen molar-refractivity contribution in [2.45, 2.75) is 52.6 Å². The fourth-order valence-corrected chi connectivity index (χ4v) is 2.62. The topological polar surface area (TPSA) is 30.5 Å². The van der Waals surface area contributed by atoms with Gasteiger partial charge in [-0.15, -0.1) is 0 Å². The van der Waals surface area contributed by atoms with Crippen LogP contribution in [0.3, 0.4) is 0 Å². The summed E-state index contributed by atoms with van der Waals surface area (Å²) >= 11 is 0. The van der Waals surface area contributed by atoms with Crippen LogP contribution in [0.15, 0.2) is 0 Å². The van der Waals surface area contributed by atoms with E-state index in [1.807, 2.05) is 0 Å². The molecule has 2 N–H and O–H groups in total. The Morgan fingerprint density at radius 2 is 1.05 bits per heavy atom. The molecule has 0 amide bonds. The van der Waals surface area contributed by atoms with E-state index in [1.54, 1.807) is 0 Å². The zero-order chi connectivity index (χ0) is 14.8. The van der Waals surface area contributed by atoms with Crippen LogP contribution in [0.25, 0.3) is 0 Å². The molecule has 0 aromatic rings. The molecule has 0 radical (unpaired) electrons. The zero-order valence-corrected chi connectivity index (χ0v) is 14.1. The average Bonchev–Trinajstić information content (AvgIpc) is 2.41. The van der Waals surface area contributed by atoms with E-state index in [9.17, 15) is 0 Å². The predicted molar refractivity (Wildman–Crippen MR) is 88.4 cm³/mol. The lowest BCUT2D eigenvalue weighted by Gasteiger charge is -2.34. The normalized spacial score (nSPS) is 18.3. The lowest BCUT2D eigenvalue weighted by molar-refractivity contribution is 0.130. The van der Waals surface area contributed by atoms with E-state index in [-0.39, 0.29) is 0 Å². The van der Waals surface area contributed by atoms with Crippen LogP contribution < -0.4 is 10.6 Å². The maximum Gasteiger partial charge on any atom is 0.0110 e. The van der Waals surface area contributed by atoms with Gasteiger partial charge < -0.3 is 20.4 Å². The van der Waals surface area contributed by atoms with Gasteiger partial charge in [-0.1, -0.05) is 27.7 Å². The summed E-state index contributed by atoms with van der Waals surface area (Å²) in [7, 11) is 0. The molecule has 0 atom stereocenters. The Morgan fingerprint density at radius 1 is 0.700 bits per heavy atom. The lowest BCUT2D eigenvalue weighted by Crippen LogP contribution is -2.47. The Balaban J connectivity index is 1.97. The van der Waals surface area contributed by atoms with E-state index in [0.29, 0.717) is 12.1 Å². The summed E-state index contributed by atoms with van der Waals surface area (Å²) < 4.78 is 0. The van der Waals surface area contributed by atoms with Gasteiger partial charge in [-0.25, -0.2) is 0 Å². The second-order valence-electron chi connectivity index (χ2n) is 6.61. The molecular formula is C16H36N4. The van der Waals surface area contributed by atoms with Crippen LogP contribution in [-0.2, 0) is 0 Å². The maximum atomic E-state index is 3.49. The van der Waals surface area contributed by atoms with E-state index in [2.05, 4.69) is 48.1 Å². The van der Waals surface area contributed by atoms with Gasteiger partial charge in [0.05, 0.1) is 0 Å². The minimum atomic E-state index is 0.617. The molecule has 0 aliphatic carbocycles. The van der Waals surface area contributed by atoms with Gasteiger partial charge in [-0.2, -0.15) is 0 Å². The molecule has 1 rings (SSSR count). The minimum absolute atomic E-state index is 0.617. The van der Waals surface area contributed by atoms with Crippen LogP contribution in [0.4, 0.5) is 0 Å². The number of hydrogen-bond acceptors (Lipinski definition) is 4. The van der Waals surface area contributed by atoms with Crippen molar-refractivity contribution in [1.29, 1.82) is 0 Å². The van der Waals surface area contributed by atoms with Crippen LogP contribution in [0.5, 0.6) is 0 Å². The molecule has 0 unspecified atom stereocenters. The first-order valence-electron chi connectivity index (χ1n) is 8.49. The zero-order valence-electron chi connectivity index (χ0n) is 14.1. The van der Waals surface area contributed by atoms with Crippen LogP contribution in [0.1, 0.15) is 40.5 Å². The molecule has 1 aliphatic rings. The summed E-state index contributed by atoms with van der Waals surface area (Å²) in [4.78, 5) is 5.23. The van der Waals surface area contributed by atoms with Crippen LogP contribution in [-0.4, -0.2) is 74.2 Å². The Hall–Kier alpha value is -0.160. The van der Waals surface area contributed by atoms with Crippen LogP contribution >= 0.6 is 0 Å². The highest BCUT2D eigenvalue weighted by Crippen LogP contribution is 2.03. The van der Waals surface area contributed by atoms with Crippen molar-refractivity contribution in [3.05, 3.63) is 0 Å². The van der Waals surface area contributed by atoms with E-state index in [0.717, 1.165) is 13.1 Å². The van der Waals surface area contributed by atoms with Crippen molar-refractivity contribution < 1.29 is 0 Å². The van der Waals surface area contributed by atoms with E-state index in [4.69, 9.17) is 0 Å². The molecular weight excluding hydrogens is 248 g/mol. The number of nitrogens with one attached hydrogen (secondary N) is 2. The lowest BCUT2D eigenvalue weighted by atomic mass is 10.2. The van der Waals surface area contributed by atoms with Crippen molar-refractivity contribution in [3.8, 4) is 0 Å². The Labute approximate surface area is 126 Å². The molecule has 120 valence electrons. The molecule has 1 saturated heterocycles. The third-order valence-corrected chi connectivity index (χ3v) is 3.87. The number of hydrogen-bond donors (Lipinski definition) is 2. The summed E-state index contributed by atoms with van der Waals surface area (Å²) in [5, 5.41) is 6.99. The first-order valence-corrected chi connectivity index (χ1v) is 8.49. The van der Waals surface area contributed by atoms with Crippen molar-refractivity contribution in [2.24, 2.45) is 0 Å². The van der Waals surface area contributed by atoms with Crippen molar-refractivity contribution >= 4 is 0 Å². The van der Waals surface area contributed by atoms with Crippen molar-refractivity contribution in [2.75, 3.05) is 52.4 Å². The maximum absolute atomic E-state index is 3.49. The third kappa shape index (κ3) is 8.90.